The summed E-state index contributed by atoms with van der Waals surface area (Å²) >= 11 is 0. The number of carbonyl (C=O) groups is 2. The molecular formula is C19H28N2O4. The van der Waals surface area contributed by atoms with Crippen molar-refractivity contribution in [2.45, 2.75) is 52.1 Å². The van der Waals surface area contributed by atoms with E-state index in [1.807, 2.05) is 26.0 Å². The Morgan fingerprint density at radius 2 is 2.20 bits per heavy atom. The van der Waals surface area contributed by atoms with E-state index in [9.17, 15) is 19.8 Å². The molecule has 0 aliphatic carbocycles. The zero-order valence-electron chi connectivity index (χ0n) is 15.0. The standard InChI is InChI=1S/C19H28N2O4/c1-14(2)7-9-19(18(24)25)13-21(11-8-16(19)22)17(23)6-5-15-4-3-10-20-12-15/h3-4,10,12,14,16,22H,5-9,11,13H2,1-2H3,(H,24,25)/t16-,19-/m1/s1. The molecule has 0 unspecified atom stereocenters. The molecule has 0 radical (unpaired) electrons. The number of pyridine rings is 1. The highest BCUT2D eigenvalue weighted by Gasteiger charge is 2.49. The van der Waals surface area contributed by atoms with E-state index in [0.29, 0.717) is 44.6 Å². The molecule has 25 heavy (non-hydrogen) atoms. The number of likely N-dealkylation sites (tertiary alicyclic amines) is 1. The van der Waals surface area contributed by atoms with Crippen molar-refractivity contribution in [2.24, 2.45) is 11.3 Å². The summed E-state index contributed by atoms with van der Waals surface area (Å²) in [5.41, 5.74) is -0.274. The van der Waals surface area contributed by atoms with Crippen molar-refractivity contribution in [1.82, 2.24) is 9.88 Å². The fraction of sp³-hybridized carbons (Fsp3) is 0.632. The Morgan fingerprint density at radius 3 is 2.80 bits per heavy atom. The number of carbonyl (C=O) groups excluding carboxylic acids is 1. The van der Waals surface area contributed by atoms with Crippen molar-refractivity contribution in [1.29, 1.82) is 0 Å². The number of aryl methyl sites for hydroxylation is 1. The van der Waals surface area contributed by atoms with Gasteiger partial charge in [0.1, 0.15) is 5.41 Å². The quantitative estimate of drug-likeness (QED) is 0.787. The first-order chi connectivity index (χ1) is 11.8. The fourth-order valence-electron chi connectivity index (χ4n) is 3.36. The lowest BCUT2D eigenvalue weighted by molar-refractivity contribution is -0.167. The first kappa shape index (κ1) is 19.4. The lowest BCUT2D eigenvalue weighted by atomic mass is 9.72. The average Bonchev–Trinajstić information content (AvgIpc) is 2.59. The second kappa shape index (κ2) is 8.43. The number of hydrogen-bond acceptors (Lipinski definition) is 4. The van der Waals surface area contributed by atoms with Gasteiger partial charge in [0.25, 0.3) is 0 Å². The molecule has 138 valence electrons. The second-order valence-electron chi connectivity index (χ2n) is 7.37. The Hall–Kier alpha value is -1.95. The molecule has 2 atom stereocenters. The molecule has 0 spiro atoms. The highest BCUT2D eigenvalue weighted by molar-refractivity contribution is 5.80. The van der Waals surface area contributed by atoms with Gasteiger partial charge in [0.15, 0.2) is 0 Å². The number of hydrogen-bond donors (Lipinski definition) is 2. The van der Waals surface area contributed by atoms with Crippen LogP contribution in [-0.2, 0) is 16.0 Å². The minimum Gasteiger partial charge on any atom is -0.481 e. The molecular weight excluding hydrogens is 320 g/mol. The number of carboxylic acids is 1. The normalized spacial score (nSPS) is 23.7. The first-order valence-electron chi connectivity index (χ1n) is 8.93. The van der Waals surface area contributed by atoms with E-state index in [1.54, 1.807) is 17.3 Å². The monoisotopic (exact) mass is 348 g/mol. The molecule has 2 heterocycles. The van der Waals surface area contributed by atoms with E-state index in [1.165, 1.54) is 0 Å². The molecule has 1 fully saturated rings. The van der Waals surface area contributed by atoms with Gasteiger partial charge in [-0.15, -0.1) is 0 Å². The third-order valence-corrected chi connectivity index (χ3v) is 5.08. The van der Waals surface area contributed by atoms with Gasteiger partial charge in [-0.1, -0.05) is 19.9 Å². The lowest BCUT2D eigenvalue weighted by Crippen LogP contribution is -2.57. The van der Waals surface area contributed by atoms with Crippen molar-refractivity contribution in [3.8, 4) is 0 Å². The number of carboxylic acid groups (broad SMARTS) is 1. The van der Waals surface area contributed by atoms with E-state index < -0.39 is 17.5 Å². The van der Waals surface area contributed by atoms with Gasteiger partial charge < -0.3 is 15.1 Å². The highest BCUT2D eigenvalue weighted by Crippen LogP contribution is 2.37. The molecule has 1 aliphatic rings. The summed E-state index contributed by atoms with van der Waals surface area (Å²) in [5.74, 6) is -0.726. The number of aromatic nitrogens is 1. The van der Waals surface area contributed by atoms with E-state index in [0.717, 1.165) is 5.56 Å². The Morgan fingerprint density at radius 1 is 1.44 bits per heavy atom. The third-order valence-electron chi connectivity index (χ3n) is 5.08. The van der Waals surface area contributed by atoms with Gasteiger partial charge in [-0.3, -0.25) is 14.6 Å². The van der Waals surface area contributed by atoms with Gasteiger partial charge in [0, 0.05) is 31.9 Å². The topological polar surface area (TPSA) is 90.7 Å². The predicted octanol–water partition coefficient (Wildman–Crippen LogP) is 2.11. The van der Waals surface area contributed by atoms with E-state index in [2.05, 4.69) is 4.98 Å². The van der Waals surface area contributed by atoms with Crippen LogP contribution < -0.4 is 0 Å². The van der Waals surface area contributed by atoms with Crippen molar-refractivity contribution in [3.05, 3.63) is 30.1 Å². The van der Waals surface area contributed by atoms with Gasteiger partial charge >= 0.3 is 5.97 Å². The van der Waals surface area contributed by atoms with Crippen LogP contribution in [0.4, 0.5) is 0 Å². The Balaban J connectivity index is 2.03. The Kier molecular flexibility index (Phi) is 6.53. The molecule has 0 bridgehead atoms. The van der Waals surface area contributed by atoms with E-state index in [4.69, 9.17) is 0 Å². The zero-order chi connectivity index (χ0) is 18.4. The number of amides is 1. The van der Waals surface area contributed by atoms with Gasteiger partial charge in [-0.25, -0.2) is 0 Å². The molecule has 1 saturated heterocycles. The summed E-state index contributed by atoms with van der Waals surface area (Å²) in [6.07, 6.45) is 4.81. The van der Waals surface area contributed by atoms with Crippen LogP contribution in [0.25, 0.3) is 0 Å². The average molecular weight is 348 g/mol. The number of nitrogens with zero attached hydrogens (tertiary/aromatic N) is 2. The van der Waals surface area contributed by atoms with Crippen molar-refractivity contribution in [2.75, 3.05) is 13.1 Å². The van der Waals surface area contributed by atoms with E-state index >= 15 is 0 Å². The molecule has 1 amide bonds. The van der Waals surface area contributed by atoms with Crippen LogP contribution in [0.15, 0.2) is 24.5 Å². The molecule has 2 N–H and O–H groups in total. The van der Waals surface area contributed by atoms with Crippen LogP contribution in [0.5, 0.6) is 0 Å². The van der Waals surface area contributed by atoms with Crippen LogP contribution in [-0.4, -0.2) is 51.2 Å². The summed E-state index contributed by atoms with van der Waals surface area (Å²) in [4.78, 5) is 30.1. The maximum atomic E-state index is 12.6. The molecule has 6 heteroatoms. The summed E-state index contributed by atoms with van der Waals surface area (Å²) < 4.78 is 0. The fourth-order valence-corrected chi connectivity index (χ4v) is 3.36. The number of aliphatic hydroxyl groups is 1. The van der Waals surface area contributed by atoms with Crippen molar-refractivity contribution < 1.29 is 19.8 Å². The number of aliphatic carboxylic acids is 1. The first-order valence-corrected chi connectivity index (χ1v) is 8.93. The van der Waals surface area contributed by atoms with Crippen molar-refractivity contribution in [3.63, 3.8) is 0 Å². The smallest absolute Gasteiger partial charge is 0.314 e. The molecule has 1 aromatic heterocycles. The minimum atomic E-state index is -1.26. The third kappa shape index (κ3) is 4.78. The maximum Gasteiger partial charge on any atom is 0.314 e. The molecule has 0 saturated carbocycles. The summed E-state index contributed by atoms with van der Waals surface area (Å²) in [7, 11) is 0. The molecule has 0 aromatic carbocycles. The second-order valence-corrected chi connectivity index (χ2v) is 7.37. The molecule has 1 aliphatic heterocycles. The van der Waals surface area contributed by atoms with Gasteiger partial charge in [-0.05, 0) is 43.2 Å². The Bertz CT molecular complexity index is 590. The van der Waals surface area contributed by atoms with Gasteiger partial charge in [0.2, 0.25) is 5.91 Å². The maximum absolute atomic E-state index is 12.6. The van der Waals surface area contributed by atoms with Gasteiger partial charge in [0.05, 0.1) is 6.10 Å². The van der Waals surface area contributed by atoms with Crippen LogP contribution in [0, 0.1) is 11.3 Å². The summed E-state index contributed by atoms with van der Waals surface area (Å²) in [6, 6.07) is 3.75. The largest absolute Gasteiger partial charge is 0.481 e. The zero-order valence-corrected chi connectivity index (χ0v) is 15.0. The SMILES string of the molecule is CC(C)CC[C@@]1(C(=O)O)CN(C(=O)CCc2cccnc2)CC[C@H]1O. The summed E-state index contributed by atoms with van der Waals surface area (Å²) in [5, 5.41) is 20.2. The van der Waals surface area contributed by atoms with Crippen LogP contribution in [0.2, 0.25) is 0 Å². The molecule has 2 rings (SSSR count). The van der Waals surface area contributed by atoms with Crippen LogP contribution in [0.3, 0.4) is 0 Å². The number of piperidine rings is 1. The summed E-state index contributed by atoms with van der Waals surface area (Å²) in [6.45, 7) is 4.55. The number of rotatable bonds is 7. The van der Waals surface area contributed by atoms with Crippen LogP contribution >= 0.6 is 0 Å². The number of aliphatic hydroxyl groups excluding tert-OH is 1. The highest BCUT2D eigenvalue weighted by atomic mass is 16.4. The molecule has 1 aromatic rings. The van der Waals surface area contributed by atoms with Crippen molar-refractivity contribution >= 4 is 11.9 Å². The lowest BCUT2D eigenvalue weighted by Gasteiger charge is -2.43. The Labute approximate surface area is 148 Å². The van der Waals surface area contributed by atoms with Gasteiger partial charge in [-0.2, -0.15) is 0 Å². The van der Waals surface area contributed by atoms with E-state index in [-0.39, 0.29) is 12.5 Å². The van der Waals surface area contributed by atoms with Crippen LogP contribution in [0.1, 0.15) is 45.1 Å². The minimum absolute atomic E-state index is 0.0640. The predicted molar refractivity (Wildman–Crippen MR) is 93.9 cm³/mol. The molecule has 6 nitrogen and oxygen atoms in total.